The first-order valence-corrected chi connectivity index (χ1v) is 9.79. The van der Waals surface area contributed by atoms with Crippen molar-refractivity contribution in [2.24, 2.45) is 5.92 Å². The molecule has 0 aliphatic rings. The Balaban J connectivity index is 2.03. The van der Waals surface area contributed by atoms with Crippen molar-refractivity contribution in [1.82, 2.24) is 16.2 Å². The summed E-state index contributed by atoms with van der Waals surface area (Å²) in [6.45, 7) is 7.67. The average molecular weight is 416 g/mol. The second-order valence-electron chi connectivity index (χ2n) is 7.42. The van der Waals surface area contributed by atoms with E-state index < -0.39 is 17.9 Å². The van der Waals surface area contributed by atoms with E-state index in [1.54, 1.807) is 30.3 Å². The molecule has 154 valence electrons. The number of carbonyl (C=O) groups excluding carboxylic acids is 3. The molecule has 0 radical (unpaired) electrons. The molecular formula is C22H26ClN3O3. The lowest BCUT2D eigenvalue weighted by atomic mass is 10.0. The van der Waals surface area contributed by atoms with Crippen LogP contribution < -0.4 is 16.2 Å². The molecule has 0 aliphatic carbocycles. The van der Waals surface area contributed by atoms with Crippen LogP contribution >= 0.6 is 11.6 Å². The molecule has 0 saturated heterocycles. The van der Waals surface area contributed by atoms with Gasteiger partial charge in [-0.1, -0.05) is 43.1 Å². The van der Waals surface area contributed by atoms with Crippen LogP contribution in [0.25, 0.3) is 0 Å². The molecule has 0 aromatic heterocycles. The Morgan fingerprint density at radius 1 is 0.931 bits per heavy atom. The Hall–Kier alpha value is -2.86. The van der Waals surface area contributed by atoms with Crippen molar-refractivity contribution in [1.29, 1.82) is 0 Å². The predicted molar refractivity (Wildman–Crippen MR) is 114 cm³/mol. The van der Waals surface area contributed by atoms with Crippen LogP contribution in [0.4, 0.5) is 0 Å². The van der Waals surface area contributed by atoms with Gasteiger partial charge < -0.3 is 5.32 Å². The molecule has 2 rings (SSSR count). The molecule has 0 unspecified atom stereocenters. The van der Waals surface area contributed by atoms with E-state index in [9.17, 15) is 14.4 Å². The van der Waals surface area contributed by atoms with Gasteiger partial charge in [0.15, 0.2) is 0 Å². The summed E-state index contributed by atoms with van der Waals surface area (Å²) in [5.74, 6) is -1.13. The van der Waals surface area contributed by atoms with Crippen LogP contribution in [0.1, 0.15) is 52.1 Å². The standard InChI is InChI=1S/C22H26ClN3O3/c1-13(2)11-19(24-20(27)16-6-8-17(23)9-7-16)22(29)26-25-21(28)18-10-5-14(3)12-15(18)4/h5-10,12-13,19H,11H2,1-4H3,(H,24,27)(H,25,28)(H,26,29)/t19-/m0/s1. The zero-order valence-electron chi connectivity index (χ0n) is 17.0. The molecule has 2 aromatic rings. The van der Waals surface area contributed by atoms with Crippen molar-refractivity contribution in [2.75, 3.05) is 0 Å². The molecule has 29 heavy (non-hydrogen) atoms. The Bertz CT molecular complexity index is 895. The van der Waals surface area contributed by atoms with Crippen molar-refractivity contribution in [3.05, 3.63) is 69.7 Å². The van der Waals surface area contributed by atoms with E-state index in [0.29, 0.717) is 22.6 Å². The molecule has 2 aromatic carbocycles. The van der Waals surface area contributed by atoms with Crippen LogP contribution in [0.15, 0.2) is 42.5 Å². The highest BCUT2D eigenvalue weighted by Gasteiger charge is 2.23. The molecule has 0 heterocycles. The SMILES string of the molecule is Cc1ccc(C(=O)NNC(=O)[C@H](CC(C)C)NC(=O)c2ccc(Cl)cc2)c(C)c1. The minimum atomic E-state index is -0.794. The Morgan fingerprint density at radius 2 is 1.59 bits per heavy atom. The summed E-state index contributed by atoms with van der Waals surface area (Å²) in [5.41, 5.74) is 7.58. The van der Waals surface area contributed by atoms with Crippen molar-refractivity contribution >= 4 is 29.3 Å². The summed E-state index contributed by atoms with van der Waals surface area (Å²) in [6, 6.07) is 11.0. The van der Waals surface area contributed by atoms with Crippen LogP contribution in [-0.4, -0.2) is 23.8 Å². The van der Waals surface area contributed by atoms with Gasteiger partial charge in [0.25, 0.3) is 17.7 Å². The summed E-state index contributed by atoms with van der Waals surface area (Å²) >= 11 is 5.85. The van der Waals surface area contributed by atoms with Crippen molar-refractivity contribution in [3.63, 3.8) is 0 Å². The highest BCUT2D eigenvalue weighted by atomic mass is 35.5. The van der Waals surface area contributed by atoms with E-state index in [1.807, 2.05) is 39.8 Å². The van der Waals surface area contributed by atoms with Crippen LogP contribution in [0.5, 0.6) is 0 Å². The van der Waals surface area contributed by atoms with E-state index in [1.165, 1.54) is 0 Å². The molecule has 7 heteroatoms. The van der Waals surface area contributed by atoms with Gasteiger partial charge in [-0.3, -0.25) is 25.2 Å². The van der Waals surface area contributed by atoms with Gasteiger partial charge in [-0.15, -0.1) is 0 Å². The number of hydrogen-bond acceptors (Lipinski definition) is 3. The number of carbonyl (C=O) groups is 3. The van der Waals surface area contributed by atoms with Crippen molar-refractivity contribution < 1.29 is 14.4 Å². The Kier molecular flexibility index (Phi) is 7.79. The molecule has 0 bridgehead atoms. The van der Waals surface area contributed by atoms with Gasteiger partial charge in [0, 0.05) is 16.1 Å². The van der Waals surface area contributed by atoms with Crippen LogP contribution in [-0.2, 0) is 4.79 Å². The monoisotopic (exact) mass is 415 g/mol. The number of amides is 3. The third-order valence-corrected chi connectivity index (χ3v) is 4.61. The number of aryl methyl sites for hydroxylation is 2. The third kappa shape index (κ3) is 6.61. The van der Waals surface area contributed by atoms with Gasteiger partial charge in [-0.05, 0) is 62.1 Å². The molecule has 0 fully saturated rings. The van der Waals surface area contributed by atoms with E-state index >= 15 is 0 Å². The van der Waals surface area contributed by atoms with Gasteiger partial charge >= 0.3 is 0 Å². The van der Waals surface area contributed by atoms with Crippen LogP contribution in [0.3, 0.4) is 0 Å². The molecule has 0 spiro atoms. The summed E-state index contributed by atoms with van der Waals surface area (Å²) in [5, 5.41) is 3.24. The Labute approximate surface area is 176 Å². The number of halogens is 1. The van der Waals surface area contributed by atoms with Gasteiger partial charge in [0.1, 0.15) is 6.04 Å². The lowest BCUT2D eigenvalue weighted by Crippen LogP contribution is -2.52. The third-order valence-electron chi connectivity index (χ3n) is 4.36. The topological polar surface area (TPSA) is 87.3 Å². The van der Waals surface area contributed by atoms with E-state index in [-0.39, 0.29) is 11.8 Å². The first-order chi connectivity index (χ1) is 13.7. The minimum absolute atomic E-state index is 0.159. The smallest absolute Gasteiger partial charge is 0.269 e. The predicted octanol–water partition coefficient (Wildman–Crippen LogP) is 3.56. The largest absolute Gasteiger partial charge is 0.340 e. The maximum atomic E-state index is 12.6. The van der Waals surface area contributed by atoms with Crippen molar-refractivity contribution in [2.45, 2.75) is 40.2 Å². The lowest BCUT2D eigenvalue weighted by Gasteiger charge is -2.20. The maximum absolute atomic E-state index is 12.6. The second-order valence-corrected chi connectivity index (χ2v) is 7.86. The van der Waals surface area contributed by atoms with Gasteiger partial charge in [0.05, 0.1) is 0 Å². The van der Waals surface area contributed by atoms with Gasteiger partial charge in [0.2, 0.25) is 0 Å². The molecule has 6 nitrogen and oxygen atoms in total. The number of benzene rings is 2. The second kappa shape index (κ2) is 10.1. The quantitative estimate of drug-likeness (QED) is 0.630. The normalized spacial score (nSPS) is 11.7. The van der Waals surface area contributed by atoms with Crippen molar-refractivity contribution in [3.8, 4) is 0 Å². The fourth-order valence-corrected chi connectivity index (χ4v) is 3.01. The number of hydrogen-bond donors (Lipinski definition) is 3. The summed E-state index contributed by atoms with van der Waals surface area (Å²) in [6.07, 6.45) is 0.421. The van der Waals surface area contributed by atoms with E-state index in [2.05, 4.69) is 16.2 Å². The molecule has 3 amide bonds. The summed E-state index contributed by atoms with van der Waals surface area (Å²) in [7, 11) is 0. The first-order valence-electron chi connectivity index (χ1n) is 9.41. The van der Waals surface area contributed by atoms with Gasteiger partial charge in [-0.2, -0.15) is 0 Å². The molecular weight excluding hydrogens is 390 g/mol. The van der Waals surface area contributed by atoms with Crippen LogP contribution in [0, 0.1) is 19.8 Å². The molecule has 3 N–H and O–H groups in total. The molecule has 0 saturated carbocycles. The van der Waals surface area contributed by atoms with Crippen LogP contribution in [0.2, 0.25) is 5.02 Å². The van der Waals surface area contributed by atoms with E-state index in [4.69, 9.17) is 11.6 Å². The Morgan fingerprint density at radius 3 is 2.17 bits per heavy atom. The maximum Gasteiger partial charge on any atom is 0.269 e. The van der Waals surface area contributed by atoms with E-state index in [0.717, 1.165) is 11.1 Å². The zero-order chi connectivity index (χ0) is 21.6. The number of rotatable bonds is 6. The first kappa shape index (κ1) is 22.4. The minimum Gasteiger partial charge on any atom is -0.340 e. The van der Waals surface area contributed by atoms with Gasteiger partial charge in [-0.25, -0.2) is 0 Å². The number of nitrogens with one attached hydrogen (secondary N) is 3. The summed E-state index contributed by atoms with van der Waals surface area (Å²) < 4.78 is 0. The fourth-order valence-electron chi connectivity index (χ4n) is 2.89. The highest BCUT2D eigenvalue weighted by molar-refractivity contribution is 6.30. The molecule has 0 aliphatic heterocycles. The number of hydrazine groups is 1. The molecule has 1 atom stereocenters. The fraction of sp³-hybridized carbons (Fsp3) is 0.318. The summed E-state index contributed by atoms with van der Waals surface area (Å²) in [4.78, 5) is 37.5. The zero-order valence-corrected chi connectivity index (χ0v) is 17.8. The lowest BCUT2D eigenvalue weighted by molar-refractivity contribution is -0.124. The highest BCUT2D eigenvalue weighted by Crippen LogP contribution is 2.12. The average Bonchev–Trinajstić information content (AvgIpc) is 2.65.